The lowest BCUT2D eigenvalue weighted by molar-refractivity contribution is 0.222. The lowest BCUT2D eigenvalue weighted by atomic mass is 9.83. The van der Waals surface area contributed by atoms with Gasteiger partial charge in [0.2, 0.25) is 0 Å². The average Bonchev–Trinajstić information content (AvgIpc) is 3.00. The third-order valence-corrected chi connectivity index (χ3v) is 4.90. The summed E-state index contributed by atoms with van der Waals surface area (Å²) in [7, 11) is 0. The Bertz CT molecular complexity index is 869. The Labute approximate surface area is 142 Å². The molecule has 2 unspecified atom stereocenters. The van der Waals surface area contributed by atoms with Crippen molar-refractivity contribution in [2.45, 2.75) is 25.9 Å². The van der Waals surface area contributed by atoms with Crippen molar-refractivity contribution in [1.29, 1.82) is 0 Å². The van der Waals surface area contributed by atoms with Gasteiger partial charge in [-0.2, -0.15) is 0 Å². The Morgan fingerprint density at radius 2 is 1.42 bits per heavy atom. The summed E-state index contributed by atoms with van der Waals surface area (Å²) in [6.45, 7) is 3.90. The monoisotopic (exact) mass is 316 g/mol. The summed E-state index contributed by atoms with van der Waals surface area (Å²) in [5, 5.41) is 10.4. The van der Waals surface area contributed by atoms with Gasteiger partial charge in [-0.05, 0) is 42.2 Å². The number of phenolic OH excluding ortho intramolecular Hbond substituents is 1. The van der Waals surface area contributed by atoms with Gasteiger partial charge in [0, 0.05) is 5.56 Å². The highest BCUT2D eigenvalue weighted by atomic mass is 16.5. The Morgan fingerprint density at radius 1 is 0.833 bits per heavy atom. The summed E-state index contributed by atoms with van der Waals surface area (Å²) in [5.41, 5.74) is 5.22. The lowest BCUT2D eigenvalue weighted by Gasteiger charge is -2.21. The zero-order chi connectivity index (χ0) is 16.7. The normalized spacial score (nSPS) is 18.9. The van der Waals surface area contributed by atoms with Crippen LogP contribution in [0.2, 0.25) is 0 Å². The summed E-state index contributed by atoms with van der Waals surface area (Å²) < 4.78 is 6.37. The van der Waals surface area contributed by atoms with Gasteiger partial charge in [0.05, 0.1) is 5.92 Å². The van der Waals surface area contributed by atoms with Crippen molar-refractivity contribution >= 4 is 0 Å². The van der Waals surface area contributed by atoms with E-state index < -0.39 is 0 Å². The molecule has 2 heteroatoms. The molecule has 1 aliphatic heterocycles. The van der Waals surface area contributed by atoms with E-state index in [1.165, 1.54) is 5.56 Å². The van der Waals surface area contributed by atoms with Crippen LogP contribution in [0.25, 0.3) is 0 Å². The molecule has 0 radical (unpaired) electrons. The Hall–Kier alpha value is -2.74. The molecule has 1 N–H and O–H groups in total. The van der Waals surface area contributed by atoms with E-state index in [0.29, 0.717) is 5.75 Å². The molecule has 0 fully saturated rings. The predicted octanol–water partition coefficient (Wildman–Crippen LogP) is 5.27. The molecule has 1 aliphatic rings. The fraction of sp³-hybridized carbons (Fsp3) is 0.182. The van der Waals surface area contributed by atoms with E-state index in [9.17, 15) is 5.11 Å². The van der Waals surface area contributed by atoms with Crippen LogP contribution in [0.1, 0.15) is 39.8 Å². The van der Waals surface area contributed by atoms with Crippen molar-refractivity contribution < 1.29 is 9.84 Å². The lowest BCUT2D eigenvalue weighted by Crippen LogP contribution is -2.11. The molecule has 2 atom stereocenters. The van der Waals surface area contributed by atoms with E-state index in [1.807, 2.05) is 44.2 Å². The molecular formula is C22H20O2. The molecule has 0 spiro atoms. The van der Waals surface area contributed by atoms with Crippen molar-refractivity contribution in [2.24, 2.45) is 0 Å². The number of ether oxygens (including phenoxy) is 1. The third kappa shape index (κ3) is 2.26. The van der Waals surface area contributed by atoms with E-state index in [2.05, 4.69) is 36.4 Å². The van der Waals surface area contributed by atoms with Gasteiger partial charge in [-0.3, -0.25) is 0 Å². The van der Waals surface area contributed by atoms with Gasteiger partial charge in [0.15, 0.2) is 0 Å². The molecule has 0 aliphatic carbocycles. The molecule has 3 aromatic rings. The van der Waals surface area contributed by atoms with Gasteiger partial charge < -0.3 is 9.84 Å². The van der Waals surface area contributed by atoms with Gasteiger partial charge in [0.1, 0.15) is 17.6 Å². The predicted molar refractivity (Wildman–Crippen MR) is 95.7 cm³/mol. The van der Waals surface area contributed by atoms with Gasteiger partial charge in [-0.15, -0.1) is 0 Å². The fourth-order valence-electron chi connectivity index (χ4n) is 3.70. The maximum atomic E-state index is 10.4. The highest BCUT2D eigenvalue weighted by Gasteiger charge is 2.38. The van der Waals surface area contributed by atoms with E-state index in [-0.39, 0.29) is 12.0 Å². The maximum Gasteiger partial charge on any atom is 0.135 e. The Balaban J connectivity index is 1.93. The highest BCUT2D eigenvalue weighted by molar-refractivity contribution is 5.59. The first-order valence-electron chi connectivity index (χ1n) is 8.26. The number of hydrogen-bond donors (Lipinski definition) is 1. The first kappa shape index (κ1) is 14.8. The number of benzene rings is 3. The van der Waals surface area contributed by atoms with Crippen LogP contribution in [0.4, 0.5) is 0 Å². The minimum absolute atomic E-state index is 0.0788. The van der Waals surface area contributed by atoms with Crippen LogP contribution in [-0.2, 0) is 0 Å². The van der Waals surface area contributed by atoms with Crippen LogP contribution in [0.15, 0.2) is 66.7 Å². The zero-order valence-electron chi connectivity index (χ0n) is 13.9. The molecule has 0 saturated carbocycles. The first-order valence-corrected chi connectivity index (χ1v) is 8.26. The van der Waals surface area contributed by atoms with Crippen LogP contribution in [-0.4, -0.2) is 5.11 Å². The van der Waals surface area contributed by atoms with E-state index in [1.54, 1.807) is 0 Å². The minimum atomic E-state index is -0.0801. The number of aromatic hydroxyl groups is 1. The van der Waals surface area contributed by atoms with E-state index in [4.69, 9.17) is 4.74 Å². The van der Waals surface area contributed by atoms with Crippen LogP contribution in [0, 0.1) is 13.8 Å². The van der Waals surface area contributed by atoms with Crippen molar-refractivity contribution in [3.8, 4) is 11.5 Å². The van der Waals surface area contributed by atoms with Gasteiger partial charge >= 0.3 is 0 Å². The number of hydrogen-bond acceptors (Lipinski definition) is 2. The fourth-order valence-corrected chi connectivity index (χ4v) is 3.70. The Morgan fingerprint density at radius 3 is 2.04 bits per heavy atom. The third-order valence-electron chi connectivity index (χ3n) is 4.90. The van der Waals surface area contributed by atoms with Gasteiger partial charge in [-0.25, -0.2) is 0 Å². The molecule has 0 amide bonds. The molecule has 0 saturated heterocycles. The second-order valence-electron chi connectivity index (χ2n) is 6.42. The van der Waals surface area contributed by atoms with E-state index in [0.717, 1.165) is 28.0 Å². The summed E-state index contributed by atoms with van der Waals surface area (Å²) in [6, 6.07) is 22.7. The zero-order valence-corrected chi connectivity index (χ0v) is 13.9. The number of aryl methyl sites for hydroxylation is 1. The molecule has 0 aromatic heterocycles. The largest absolute Gasteiger partial charge is 0.507 e. The standard InChI is InChI=1S/C22H20O2/c1-14-13-18-19(15(2)21(14)23)20(16-9-5-3-6-10-16)22(24-18)17-11-7-4-8-12-17/h3-13,20,22-23H,1-2H3. The average molecular weight is 316 g/mol. The molecule has 0 bridgehead atoms. The van der Waals surface area contributed by atoms with Crippen LogP contribution >= 0.6 is 0 Å². The number of phenols is 1. The van der Waals surface area contributed by atoms with Crippen LogP contribution in [0.3, 0.4) is 0 Å². The smallest absolute Gasteiger partial charge is 0.135 e. The Kier molecular flexibility index (Phi) is 3.53. The SMILES string of the molecule is Cc1cc2c(c(C)c1O)C(c1ccccc1)C(c1ccccc1)O2. The molecule has 24 heavy (non-hydrogen) atoms. The quantitative estimate of drug-likeness (QED) is 0.697. The molecular weight excluding hydrogens is 296 g/mol. The van der Waals surface area contributed by atoms with E-state index >= 15 is 0 Å². The van der Waals surface area contributed by atoms with Crippen molar-refractivity contribution in [2.75, 3.05) is 0 Å². The molecule has 3 aromatic carbocycles. The summed E-state index contributed by atoms with van der Waals surface area (Å²) in [5.74, 6) is 1.33. The first-order chi connectivity index (χ1) is 11.7. The van der Waals surface area contributed by atoms with Gasteiger partial charge in [-0.1, -0.05) is 60.7 Å². The van der Waals surface area contributed by atoms with Crippen LogP contribution in [0.5, 0.6) is 11.5 Å². The summed E-state index contributed by atoms with van der Waals surface area (Å²) >= 11 is 0. The van der Waals surface area contributed by atoms with Crippen LogP contribution < -0.4 is 4.74 Å². The summed E-state index contributed by atoms with van der Waals surface area (Å²) in [6.07, 6.45) is -0.0801. The van der Waals surface area contributed by atoms with Crippen molar-refractivity contribution in [3.05, 3.63) is 94.5 Å². The second-order valence-corrected chi connectivity index (χ2v) is 6.42. The molecule has 2 nitrogen and oxygen atoms in total. The highest BCUT2D eigenvalue weighted by Crippen LogP contribution is 2.52. The maximum absolute atomic E-state index is 10.4. The summed E-state index contributed by atoms with van der Waals surface area (Å²) in [4.78, 5) is 0. The van der Waals surface area contributed by atoms with Crippen molar-refractivity contribution in [1.82, 2.24) is 0 Å². The molecule has 4 rings (SSSR count). The number of fused-ring (bicyclic) bond motifs is 1. The minimum Gasteiger partial charge on any atom is -0.507 e. The number of rotatable bonds is 2. The molecule has 120 valence electrons. The van der Waals surface area contributed by atoms with Crippen molar-refractivity contribution in [3.63, 3.8) is 0 Å². The van der Waals surface area contributed by atoms with Gasteiger partial charge in [0.25, 0.3) is 0 Å². The topological polar surface area (TPSA) is 29.5 Å². The second kappa shape index (κ2) is 5.72. The molecule has 1 heterocycles.